The van der Waals surface area contributed by atoms with Crippen LogP contribution in [0.15, 0.2) is 107 Å². The molecule has 8 rings (SSSR count). The number of para-hydroxylation sites is 1. The zero-order valence-corrected chi connectivity index (χ0v) is 21.6. The summed E-state index contributed by atoms with van der Waals surface area (Å²) in [5.41, 5.74) is 9.33. The Hall–Kier alpha value is -4.30. The van der Waals surface area contributed by atoms with Crippen molar-refractivity contribution in [2.75, 3.05) is 11.4 Å². The molecule has 38 heavy (non-hydrogen) atoms. The van der Waals surface area contributed by atoms with Gasteiger partial charge in [-0.25, -0.2) is 0 Å². The van der Waals surface area contributed by atoms with E-state index in [9.17, 15) is 0 Å². The summed E-state index contributed by atoms with van der Waals surface area (Å²) in [5.74, 6) is 2.27. The fourth-order valence-electron chi connectivity index (χ4n) is 6.99. The number of benzene rings is 4. The van der Waals surface area contributed by atoms with E-state index in [-0.39, 0.29) is 0 Å². The molecule has 1 aliphatic heterocycles. The highest BCUT2D eigenvalue weighted by Crippen LogP contribution is 2.50. The average Bonchev–Trinajstić information content (AvgIpc) is 3.60. The van der Waals surface area contributed by atoms with Crippen LogP contribution in [-0.4, -0.2) is 6.54 Å². The molecule has 0 bridgehead atoms. The fraction of sp³-hybridized carbons (Fsp3) is 0.167. The van der Waals surface area contributed by atoms with Crippen molar-refractivity contribution in [1.29, 1.82) is 0 Å². The first-order chi connectivity index (χ1) is 18.8. The van der Waals surface area contributed by atoms with Gasteiger partial charge in [-0.3, -0.25) is 0 Å². The molecule has 0 saturated heterocycles. The summed E-state index contributed by atoms with van der Waals surface area (Å²) >= 11 is 0. The zero-order valence-electron chi connectivity index (χ0n) is 21.6. The minimum atomic E-state index is 0.397. The first-order valence-corrected chi connectivity index (χ1v) is 13.8. The van der Waals surface area contributed by atoms with Gasteiger partial charge in [0.2, 0.25) is 0 Å². The first-order valence-electron chi connectivity index (χ1n) is 13.8. The highest BCUT2D eigenvalue weighted by molar-refractivity contribution is 6.13. The summed E-state index contributed by atoms with van der Waals surface area (Å²) in [7, 11) is 0. The van der Waals surface area contributed by atoms with Gasteiger partial charge in [-0.15, -0.1) is 0 Å². The normalized spacial score (nSPS) is 17.8. The van der Waals surface area contributed by atoms with E-state index in [0.717, 1.165) is 42.9 Å². The van der Waals surface area contributed by atoms with Gasteiger partial charge in [0.15, 0.2) is 0 Å². The largest absolute Gasteiger partial charge is 0.456 e. The lowest BCUT2D eigenvalue weighted by molar-refractivity contribution is 0.566. The number of furan rings is 1. The van der Waals surface area contributed by atoms with E-state index in [4.69, 9.17) is 4.42 Å². The highest BCUT2D eigenvalue weighted by atomic mass is 16.3. The van der Waals surface area contributed by atoms with Gasteiger partial charge in [0.05, 0.1) is 0 Å². The highest BCUT2D eigenvalue weighted by Gasteiger charge is 2.36. The molecular weight excluding hydrogens is 462 g/mol. The Morgan fingerprint density at radius 2 is 1.61 bits per heavy atom. The summed E-state index contributed by atoms with van der Waals surface area (Å²) in [6.07, 6.45) is 12.4. The molecule has 2 nitrogen and oxygen atoms in total. The molecule has 0 amide bonds. The molecule has 2 aliphatic carbocycles. The van der Waals surface area contributed by atoms with Crippen molar-refractivity contribution in [1.82, 2.24) is 0 Å². The van der Waals surface area contributed by atoms with Crippen LogP contribution in [-0.2, 0) is 6.42 Å². The third-order valence-electron chi connectivity index (χ3n) is 8.65. The third kappa shape index (κ3) is 3.07. The molecule has 5 aromatic rings. The SMILES string of the molecule is CCN1C2=C(c3ccc(-c4ccc5c(c4)c4c(c6ccccc65)C=CCC4)o3)C=CCC2c2ccccc21. The molecule has 0 radical (unpaired) electrons. The van der Waals surface area contributed by atoms with Crippen LogP contribution in [0.2, 0.25) is 0 Å². The van der Waals surface area contributed by atoms with Crippen molar-refractivity contribution in [2.45, 2.75) is 32.1 Å². The fourth-order valence-corrected chi connectivity index (χ4v) is 6.99. The summed E-state index contributed by atoms with van der Waals surface area (Å²) in [5, 5.41) is 5.35. The maximum absolute atomic E-state index is 6.64. The molecule has 0 spiro atoms. The van der Waals surface area contributed by atoms with E-state index < -0.39 is 0 Å². The van der Waals surface area contributed by atoms with Gasteiger partial charge in [-0.05, 0) is 88.7 Å². The molecule has 1 unspecified atom stereocenters. The summed E-state index contributed by atoms with van der Waals surface area (Å²) < 4.78 is 6.64. The number of hydrogen-bond acceptors (Lipinski definition) is 2. The molecule has 0 saturated carbocycles. The van der Waals surface area contributed by atoms with Crippen LogP contribution in [0.4, 0.5) is 5.69 Å². The van der Waals surface area contributed by atoms with E-state index in [1.165, 1.54) is 55.2 Å². The standard InChI is InChI=1S/C36H29NO/c1-2-37-33-17-8-7-14-29(33)30-15-9-16-31(36(30)37)35-21-20-34(38-35)23-18-19-28-26-12-4-3-10-24(26)25-11-5-6-13-27(25)32(28)22-23/h3-5,7-12,14,16-22,30H,2,6,13,15H2,1H3. The smallest absolute Gasteiger partial charge is 0.136 e. The van der Waals surface area contributed by atoms with Crippen molar-refractivity contribution < 1.29 is 4.42 Å². The predicted octanol–water partition coefficient (Wildman–Crippen LogP) is 9.51. The number of likely N-dealkylation sites (N-methyl/N-ethyl adjacent to an activating group) is 1. The van der Waals surface area contributed by atoms with Gasteiger partial charge in [-0.1, -0.05) is 78.9 Å². The van der Waals surface area contributed by atoms with Crippen LogP contribution in [0.3, 0.4) is 0 Å². The van der Waals surface area contributed by atoms with Crippen LogP contribution in [0, 0.1) is 0 Å². The van der Waals surface area contributed by atoms with Gasteiger partial charge < -0.3 is 9.32 Å². The third-order valence-corrected chi connectivity index (χ3v) is 8.65. The van der Waals surface area contributed by atoms with Crippen molar-refractivity contribution in [3.8, 4) is 11.3 Å². The molecule has 3 aliphatic rings. The van der Waals surface area contributed by atoms with E-state index in [1.54, 1.807) is 0 Å². The Labute approximate surface area is 223 Å². The number of anilines is 1. The van der Waals surface area contributed by atoms with Crippen molar-refractivity contribution in [3.05, 3.63) is 125 Å². The number of nitrogens with zero attached hydrogens (tertiary/aromatic N) is 1. The second-order valence-electron chi connectivity index (χ2n) is 10.6. The average molecular weight is 492 g/mol. The van der Waals surface area contributed by atoms with Crippen LogP contribution >= 0.6 is 0 Å². The number of fused-ring (bicyclic) bond motifs is 9. The van der Waals surface area contributed by atoms with E-state index in [0.29, 0.717) is 5.92 Å². The maximum atomic E-state index is 6.64. The van der Waals surface area contributed by atoms with E-state index in [1.807, 2.05) is 0 Å². The Bertz CT molecular complexity index is 1830. The number of rotatable bonds is 3. The Balaban J connectivity index is 1.26. The van der Waals surface area contributed by atoms with Crippen LogP contribution in [0.1, 0.15) is 48.1 Å². The minimum Gasteiger partial charge on any atom is -0.456 e. The molecule has 4 aromatic carbocycles. The molecule has 0 fully saturated rings. The van der Waals surface area contributed by atoms with Crippen molar-refractivity contribution >= 4 is 38.9 Å². The summed E-state index contributed by atoms with van der Waals surface area (Å²) in [4.78, 5) is 2.47. The maximum Gasteiger partial charge on any atom is 0.136 e. The number of allylic oxidation sites excluding steroid dienone is 5. The second-order valence-corrected chi connectivity index (χ2v) is 10.6. The molecule has 2 heterocycles. The van der Waals surface area contributed by atoms with Gasteiger partial charge >= 0.3 is 0 Å². The monoisotopic (exact) mass is 491 g/mol. The molecular formula is C36H29NO. The van der Waals surface area contributed by atoms with Crippen LogP contribution < -0.4 is 4.90 Å². The molecule has 1 aromatic heterocycles. The van der Waals surface area contributed by atoms with Crippen LogP contribution in [0.25, 0.3) is 44.5 Å². The van der Waals surface area contributed by atoms with Crippen LogP contribution in [0.5, 0.6) is 0 Å². The van der Waals surface area contributed by atoms with Gasteiger partial charge in [0, 0.05) is 35.0 Å². The Morgan fingerprint density at radius 3 is 2.53 bits per heavy atom. The lowest BCUT2D eigenvalue weighted by atomic mass is 9.86. The summed E-state index contributed by atoms with van der Waals surface area (Å²) in [6.45, 7) is 3.19. The van der Waals surface area contributed by atoms with Crippen molar-refractivity contribution in [2.24, 2.45) is 0 Å². The molecule has 0 N–H and O–H groups in total. The van der Waals surface area contributed by atoms with E-state index in [2.05, 4.69) is 115 Å². The Kier molecular flexibility index (Phi) is 4.79. The number of aryl methyl sites for hydroxylation is 1. The molecule has 184 valence electrons. The molecule has 1 atom stereocenters. The van der Waals surface area contributed by atoms with Gasteiger partial charge in [0.1, 0.15) is 11.5 Å². The quantitative estimate of drug-likeness (QED) is 0.234. The van der Waals surface area contributed by atoms with Gasteiger partial charge in [0.25, 0.3) is 0 Å². The topological polar surface area (TPSA) is 16.4 Å². The number of hydrogen-bond donors (Lipinski definition) is 0. The first kappa shape index (κ1) is 21.8. The predicted molar refractivity (Wildman–Crippen MR) is 159 cm³/mol. The van der Waals surface area contributed by atoms with E-state index >= 15 is 0 Å². The minimum absolute atomic E-state index is 0.397. The Morgan fingerprint density at radius 1 is 0.789 bits per heavy atom. The van der Waals surface area contributed by atoms with Crippen molar-refractivity contribution in [3.63, 3.8) is 0 Å². The molecule has 2 heteroatoms. The summed E-state index contributed by atoms with van der Waals surface area (Å²) in [6, 6.07) is 28.8. The van der Waals surface area contributed by atoms with Gasteiger partial charge in [-0.2, -0.15) is 0 Å². The second kappa shape index (κ2) is 8.36. The zero-order chi connectivity index (χ0) is 25.2. The lowest BCUT2D eigenvalue weighted by Gasteiger charge is -2.25. The lowest BCUT2D eigenvalue weighted by Crippen LogP contribution is -2.21.